The number of methoxy groups -OCH3 is 1. The SMILES string of the molecule is COc1ccc(C2=Nc3occc3C(N)N2c2cccnc2)cc1. The molecule has 0 saturated carbocycles. The van der Waals surface area contributed by atoms with Crippen molar-refractivity contribution in [2.24, 2.45) is 10.7 Å². The van der Waals surface area contributed by atoms with E-state index in [2.05, 4.69) is 9.98 Å². The molecule has 3 heterocycles. The van der Waals surface area contributed by atoms with Crippen molar-refractivity contribution in [3.63, 3.8) is 0 Å². The number of aliphatic imine (C=N–C) groups is 1. The molecule has 1 aromatic carbocycles. The standard InChI is InChI=1S/C18H16N4O2/c1-23-14-6-4-12(5-7-14)17-21-18-15(8-10-24-18)16(19)22(17)13-3-2-9-20-11-13/h2-11,16H,19H2,1H3. The van der Waals surface area contributed by atoms with E-state index >= 15 is 0 Å². The van der Waals surface area contributed by atoms with Gasteiger partial charge < -0.3 is 19.8 Å². The minimum atomic E-state index is -0.405. The summed E-state index contributed by atoms with van der Waals surface area (Å²) in [6, 6.07) is 13.3. The Morgan fingerprint density at radius 3 is 2.71 bits per heavy atom. The number of hydrogen-bond donors (Lipinski definition) is 1. The first kappa shape index (κ1) is 14.5. The fourth-order valence-corrected chi connectivity index (χ4v) is 2.77. The van der Waals surface area contributed by atoms with E-state index in [1.807, 2.05) is 47.4 Å². The van der Waals surface area contributed by atoms with Gasteiger partial charge in [-0.3, -0.25) is 4.98 Å². The minimum Gasteiger partial charge on any atom is -0.497 e. The summed E-state index contributed by atoms with van der Waals surface area (Å²) >= 11 is 0. The van der Waals surface area contributed by atoms with Crippen molar-refractivity contribution in [3.8, 4) is 5.75 Å². The number of anilines is 1. The van der Waals surface area contributed by atoms with Gasteiger partial charge in [0, 0.05) is 11.8 Å². The highest BCUT2D eigenvalue weighted by molar-refractivity contribution is 6.12. The van der Waals surface area contributed by atoms with E-state index < -0.39 is 6.17 Å². The van der Waals surface area contributed by atoms with E-state index in [1.165, 1.54) is 0 Å². The zero-order valence-electron chi connectivity index (χ0n) is 13.1. The van der Waals surface area contributed by atoms with Crippen LogP contribution in [0, 0.1) is 0 Å². The Morgan fingerprint density at radius 2 is 2.00 bits per heavy atom. The largest absolute Gasteiger partial charge is 0.497 e. The van der Waals surface area contributed by atoms with Gasteiger partial charge in [-0.1, -0.05) is 0 Å². The third-order valence-electron chi connectivity index (χ3n) is 3.98. The Bertz CT molecular complexity index is 872. The first-order valence-electron chi connectivity index (χ1n) is 7.53. The summed E-state index contributed by atoms with van der Waals surface area (Å²) in [6.45, 7) is 0. The first-order valence-corrected chi connectivity index (χ1v) is 7.53. The monoisotopic (exact) mass is 320 g/mol. The number of aromatic nitrogens is 1. The third kappa shape index (κ3) is 2.33. The molecule has 0 aliphatic carbocycles. The van der Waals surface area contributed by atoms with Crippen LogP contribution in [0.4, 0.5) is 11.6 Å². The second-order valence-electron chi connectivity index (χ2n) is 5.37. The zero-order valence-corrected chi connectivity index (χ0v) is 13.1. The maximum Gasteiger partial charge on any atom is 0.227 e. The maximum absolute atomic E-state index is 6.48. The summed E-state index contributed by atoms with van der Waals surface area (Å²) in [5.74, 6) is 2.03. The number of pyridine rings is 1. The highest BCUT2D eigenvalue weighted by Crippen LogP contribution is 2.37. The average Bonchev–Trinajstić information content (AvgIpc) is 3.11. The van der Waals surface area contributed by atoms with Gasteiger partial charge in [0.15, 0.2) is 0 Å². The number of fused-ring (bicyclic) bond motifs is 1. The predicted octanol–water partition coefficient (Wildman–Crippen LogP) is 3.24. The Hall–Kier alpha value is -3.12. The van der Waals surface area contributed by atoms with E-state index in [0.29, 0.717) is 11.7 Å². The molecule has 6 nitrogen and oxygen atoms in total. The van der Waals surface area contributed by atoms with Crippen LogP contribution in [-0.2, 0) is 0 Å². The zero-order chi connectivity index (χ0) is 16.5. The molecule has 2 N–H and O–H groups in total. The van der Waals surface area contributed by atoms with Gasteiger partial charge in [-0.05, 0) is 42.5 Å². The molecule has 4 rings (SSSR count). The Morgan fingerprint density at radius 1 is 1.17 bits per heavy atom. The number of ether oxygens (including phenoxy) is 1. The van der Waals surface area contributed by atoms with E-state index in [0.717, 1.165) is 22.6 Å². The van der Waals surface area contributed by atoms with Crippen LogP contribution in [0.2, 0.25) is 0 Å². The minimum absolute atomic E-state index is 0.405. The smallest absolute Gasteiger partial charge is 0.227 e. The van der Waals surface area contributed by atoms with Gasteiger partial charge in [-0.15, -0.1) is 0 Å². The summed E-state index contributed by atoms with van der Waals surface area (Å²) in [6.07, 6.45) is 4.69. The second-order valence-corrected chi connectivity index (χ2v) is 5.37. The maximum atomic E-state index is 6.48. The molecule has 0 radical (unpaired) electrons. The summed E-state index contributed by atoms with van der Waals surface area (Å²) in [5, 5.41) is 0. The van der Waals surface area contributed by atoms with Crippen molar-refractivity contribution >= 4 is 17.4 Å². The molecule has 120 valence electrons. The molecule has 1 unspecified atom stereocenters. The van der Waals surface area contributed by atoms with E-state index in [-0.39, 0.29) is 0 Å². The predicted molar refractivity (Wildman–Crippen MR) is 91.5 cm³/mol. The molecule has 3 aromatic rings. The van der Waals surface area contributed by atoms with Gasteiger partial charge >= 0.3 is 0 Å². The number of hydrogen-bond acceptors (Lipinski definition) is 6. The Balaban J connectivity index is 1.86. The summed E-state index contributed by atoms with van der Waals surface area (Å²) in [4.78, 5) is 10.8. The molecule has 0 bridgehead atoms. The van der Waals surface area contributed by atoms with Crippen molar-refractivity contribution in [2.75, 3.05) is 12.0 Å². The fraction of sp³-hybridized carbons (Fsp3) is 0.111. The van der Waals surface area contributed by atoms with Crippen LogP contribution in [0.3, 0.4) is 0 Å². The van der Waals surface area contributed by atoms with Gasteiger partial charge in [-0.2, -0.15) is 4.99 Å². The van der Waals surface area contributed by atoms with Crippen molar-refractivity contribution in [2.45, 2.75) is 6.17 Å². The van der Waals surface area contributed by atoms with Crippen molar-refractivity contribution in [1.82, 2.24) is 4.98 Å². The Kier molecular flexibility index (Phi) is 3.51. The molecular weight excluding hydrogens is 304 g/mol. The normalized spacial score (nSPS) is 16.5. The van der Waals surface area contributed by atoms with Crippen LogP contribution in [0.5, 0.6) is 5.75 Å². The molecule has 6 heteroatoms. The molecule has 1 atom stereocenters. The molecule has 0 fully saturated rings. The third-order valence-corrected chi connectivity index (χ3v) is 3.98. The van der Waals surface area contributed by atoms with Gasteiger partial charge in [0.1, 0.15) is 17.8 Å². The molecule has 2 aromatic heterocycles. The van der Waals surface area contributed by atoms with Crippen molar-refractivity contribution in [1.29, 1.82) is 0 Å². The summed E-state index contributed by atoms with van der Waals surface area (Å²) < 4.78 is 10.7. The molecule has 24 heavy (non-hydrogen) atoms. The van der Waals surface area contributed by atoms with Crippen molar-refractivity contribution < 1.29 is 9.15 Å². The van der Waals surface area contributed by atoms with Crippen LogP contribution in [-0.4, -0.2) is 17.9 Å². The van der Waals surface area contributed by atoms with Crippen molar-refractivity contribution in [3.05, 3.63) is 72.2 Å². The van der Waals surface area contributed by atoms with Crippen LogP contribution in [0.1, 0.15) is 17.3 Å². The number of furan rings is 1. The lowest BCUT2D eigenvalue weighted by atomic mass is 10.1. The highest BCUT2D eigenvalue weighted by Gasteiger charge is 2.31. The van der Waals surface area contributed by atoms with Gasteiger partial charge in [0.05, 0.1) is 30.8 Å². The second kappa shape index (κ2) is 5.82. The molecule has 1 aliphatic heterocycles. The van der Waals surface area contributed by atoms with Crippen LogP contribution >= 0.6 is 0 Å². The summed E-state index contributed by atoms with van der Waals surface area (Å²) in [5.41, 5.74) is 9.11. The lowest BCUT2D eigenvalue weighted by Crippen LogP contribution is -2.42. The number of amidine groups is 1. The van der Waals surface area contributed by atoms with Gasteiger partial charge in [0.2, 0.25) is 5.88 Å². The first-order chi connectivity index (χ1) is 11.8. The number of nitrogens with zero attached hydrogens (tertiary/aromatic N) is 3. The Labute approximate surface area is 139 Å². The lowest BCUT2D eigenvalue weighted by molar-refractivity contribution is 0.415. The molecule has 0 saturated heterocycles. The topological polar surface area (TPSA) is 76.9 Å². The number of rotatable bonds is 3. The van der Waals surface area contributed by atoms with E-state index in [4.69, 9.17) is 14.9 Å². The highest BCUT2D eigenvalue weighted by atomic mass is 16.5. The lowest BCUT2D eigenvalue weighted by Gasteiger charge is -2.34. The molecule has 0 spiro atoms. The van der Waals surface area contributed by atoms with E-state index in [9.17, 15) is 0 Å². The quantitative estimate of drug-likeness (QED) is 0.801. The fourth-order valence-electron chi connectivity index (χ4n) is 2.77. The van der Waals surface area contributed by atoms with Crippen LogP contribution < -0.4 is 15.4 Å². The van der Waals surface area contributed by atoms with E-state index in [1.54, 1.807) is 25.8 Å². The molecular formula is C18H16N4O2. The van der Waals surface area contributed by atoms with Crippen LogP contribution in [0.15, 0.2) is 70.5 Å². The number of benzene rings is 1. The van der Waals surface area contributed by atoms with Gasteiger partial charge in [0.25, 0.3) is 0 Å². The average molecular weight is 320 g/mol. The van der Waals surface area contributed by atoms with Gasteiger partial charge in [-0.25, -0.2) is 0 Å². The molecule has 0 amide bonds. The number of nitrogens with two attached hydrogens (primary N) is 1. The summed E-state index contributed by atoms with van der Waals surface area (Å²) in [7, 11) is 1.64. The van der Waals surface area contributed by atoms with Crippen LogP contribution in [0.25, 0.3) is 0 Å². The molecule has 1 aliphatic rings.